The van der Waals surface area contributed by atoms with Gasteiger partial charge in [0, 0.05) is 11.6 Å². The van der Waals surface area contributed by atoms with Gasteiger partial charge in [-0.15, -0.1) is 0 Å². The van der Waals surface area contributed by atoms with Crippen LogP contribution in [0.5, 0.6) is 17.2 Å². The lowest BCUT2D eigenvalue weighted by Gasteiger charge is -2.12. The van der Waals surface area contributed by atoms with Crippen LogP contribution in [0.1, 0.15) is 36.5 Å². The Morgan fingerprint density at radius 2 is 2.00 bits per heavy atom. The highest BCUT2D eigenvalue weighted by molar-refractivity contribution is 5.85. The summed E-state index contributed by atoms with van der Waals surface area (Å²) in [5.74, 6) is 0.450. The van der Waals surface area contributed by atoms with Gasteiger partial charge in [-0.05, 0) is 42.2 Å². The largest absolute Gasteiger partial charge is 0.508 e. The fourth-order valence-electron chi connectivity index (χ4n) is 2.12. The number of hydrazone groups is 1. The molecule has 0 heterocycles. The van der Waals surface area contributed by atoms with Crippen molar-refractivity contribution in [3.63, 3.8) is 0 Å². The molecule has 0 bridgehead atoms. The number of aryl methyl sites for hydroxylation is 1. The molecular formula is C19H22N2O4. The molecule has 2 rings (SSSR count). The van der Waals surface area contributed by atoms with Gasteiger partial charge in [-0.25, -0.2) is 5.43 Å². The lowest BCUT2D eigenvalue weighted by atomic mass is 10.0. The van der Waals surface area contributed by atoms with Crippen LogP contribution in [-0.4, -0.2) is 28.9 Å². The fourth-order valence-corrected chi connectivity index (χ4v) is 2.12. The number of aromatic hydroxyl groups is 2. The molecule has 0 fully saturated rings. The summed E-state index contributed by atoms with van der Waals surface area (Å²) in [6.07, 6.45) is 1.29. The maximum atomic E-state index is 11.8. The smallest absolute Gasteiger partial charge is 0.277 e. The number of nitrogens with zero attached hydrogens (tertiary/aromatic N) is 1. The zero-order valence-electron chi connectivity index (χ0n) is 14.5. The Balaban J connectivity index is 1.90. The van der Waals surface area contributed by atoms with E-state index in [-0.39, 0.29) is 18.1 Å². The average Bonchev–Trinajstić information content (AvgIpc) is 2.56. The molecule has 0 radical (unpaired) electrons. The van der Waals surface area contributed by atoms with E-state index in [9.17, 15) is 15.0 Å². The second kappa shape index (κ2) is 8.19. The van der Waals surface area contributed by atoms with Crippen molar-refractivity contribution in [2.24, 2.45) is 5.10 Å². The highest BCUT2D eigenvalue weighted by atomic mass is 16.5. The Labute approximate surface area is 146 Å². The van der Waals surface area contributed by atoms with Crippen LogP contribution < -0.4 is 10.2 Å². The number of phenolic OH excluding ortho intramolecular Hbond substituents is 2. The number of phenols is 2. The molecule has 2 aromatic carbocycles. The number of hydrogen-bond donors (Lipinski definition) is 3. The molecule has 2 aromatic rings. The van der Waals surface area contributed by atoms with Crippen LogP contribution in [0.3, 0.4) is 0 Å². The van der Waals surface area contributed by atoms with Gasteiger partial charge in [0.05, 0.1) is 6.21 Å². The van der Waals surface area contributed by atoms with Gasteiger partial charge in [0.15, 0.2) is 6.61 Å². The SMILES string of the molecule is Cc1ccc(C(C)C)cc1OCC(=O)N/N=C/c1ccc(O)cc1O. The Morgan fingerprint density at radius 3 is 2.68 bits per heavy atom. The van der Waals surface area contributed by atoms with E-state index in [0.717, 1.165) is 11.1 Å². The number of nitrogens with one attached hydrogen (secondary N) is 1. The van der Waals surface area contributed by atoms with Crippen LogP contribution in [0.25, 0.3) is 0 Å². The van der Waals surface area contributed by atoms with Crippen LogP contribution in [0.15, 0.2) is 41.5 Å². The zero-order valence-corrected chi connectivity index (χ0v) is 14.5. The molecule has 132 valence electrons. The quantitative estimate of drug-likeness (QED) is 0.556. The van der Waals surface area contributed by atoms with Crippen molar-refractivity contribution in [3.8, 4) is 17.2 Å². The molecule has 0 aliphatic heterocycles. The summed E-state index contributed by atoms with van der Waals surface area (Å²) < 4.78 is 5.56. The van der Waals surface area contributed by atoms with Gasteiger partial charge >= 0.3 is 0 Å². The predicted octanol–water partition coefficient (Wildman–Crippen LogP) is 3.06. The number of ether oxygens (including phenoxy) is 1. The van der Waals surface area contributed by atoms with E-state index < -0.39 is 5.91 Å². The predicted molar refractivity (Wildman–Crippen MR) is 96.3 cm³/mol. The zero-order chi connectivity index (χ0) is 18.4. The third kappa shape index (κ3) is 5.24. The third-order valence-electron chi connectivity index (χ3n) is 3.64. The van der Waals surface area contributed by atoms with Crippen LogP contribution >= 0.6 is 0 Å². The lowest BCUT2D eigenvalue weighted by molar-refractivity contribution is -0.123. The van der Waals surface area contributed by atoms with Gasteiger partial charge in [-0.2, -0.15) is 5.10 Å². The summed E-state index contributed by atoms with van der Waals surface area (Å²) in [4.78, 5) is 11.8. The van der Waals surface area contributed by atoms with E-state index in [0.29, 0.717) is 17.2 Å². The van der Waals surface area contributed by atoms with Gasteiger partial charge in [-0.1, -0.05) is 26.0 Å². The van der Waals surface area contributed by atoms with E-state index in [1.54, 1.807) is 0 Å². The van der Waals surface area contributed by atoms with Gasteiger partial charge in [0.2, 0.25) is 0 Å². The first-order chi connectivity index (χ1) is 11.9. The Morgan fingerprint density at radius 1 is 1.24 bits per heavy atom. The minimum Gasteiger partial charge on any atom is -0.508 e. The molecule has 0 saturated heterocycles. The summed E-state index contributed by atoms with van der Waals surface area (Å²) in [5, 5.41) is 22.6. The Hall–Kier alpha value is -3.02. The molecule has 6 nitrogen and oxygen atoms in total. The minimum absolute atomic E-state index is 0.0499. The van der Waals surface area contributed by atoms with Crippen LogP contribution in [0, 0.1) is 6.92 Å². The highest BCUT2D eigenvalue weighted by Crippen LogP contribution is 2.24. The number of hydrogen-bond acceptors (Lipinski definition) is 5. The average molecular weight is 342 g/mol. The molecule has 3 N–H and O–H groups in total. The maximum absolute atomic E-state index is 11.8. The van der Waals surface area contributed by atoms with Crippen molar-refractivity contribution < 1.29 is 19.7 Å². The summed E-state index contributed by atoms with van der Waals surface area (Å²) in [6.45, 7) is 5.94. The Kier molecular flexibility index (Phi) is 6.00. The fraction of sp³-hybridized carbons (Fsp3) is 0.263. The molecule has 0 atom stereocenters. The van der Waals surface area contributed by atoms with Gasteiger partial charge in [0.1, 0.15) is 17.2 Å². The Bertz CT molecular complexity index is 785. The molecule has 0 saturated carbocycles. The standard InChI is InChI=1S/C19H22N2O4/c1-12(2)14-5-4-13(3)18(8-14)25-11-19(24)21-20-10-15-6-7-16(22)9-17(15)23/h4-10,12,22-23H,11H2,1-3H3,(H,21,24)/b20-10+. The molecule has 0 spiro atoms. The first-order valence-corrected chi connectivity index (χ1v) is 7.94. The molecule has 0 unspecified atom stereocenters. The van der Waals surface area contributed by atoms with Crippen molar-refractivity contribution in [1.82, 2.24) is 5.43 Å². The number of carbonyl (C=O) groups excluding carboxylic acids is 1. The summed E-state index contributed by atoms with van der Waals surface area (Å²) in [6, 6.07) is 10.0. The van der Waals surface area contributed by atoms with Gasteiger partial charge < -0.3 is 14.9 Å². The van der Waals surface area contributed by atoms with Gasteiger partial charge in [-0.3, -0.25) is 4.79 Å². The molecule has 0 aromatic heterocycles. The maximum Gasteiger partial charge on any atom is 0.277 e. The van der Waals surface area contributed by atoms with Crippen molar-refractivity contribution in [1.29, 1.82) is 0 Å². The van der Waals surface area contributed by atoms with Crippen LogP contribution in [0.2, 0.25) is 0 Å². The molecule has 25 heavy (non-hydrogen) atoms. The van der Waals surface area contributed by atoms with Crippen LogP contribution in [0.4, 0.5) is 0 Å². The highest BCUT2D eigenvalue weighted by Gasteiger charge is 2.07. The molecule has 0 aliphatic carbocycles. The second-order valence-corrected chi connectivity index (χ2v) is 6.00. The first kappa shape index (κ1) is 18.3. The first-order valence-electron chi connectivity index (χ1n) is 7.94. The summed E-state index contributed by atoms with van der Waals surface area (Å²) in [7, 11) is 0. The summed E-state index contributed by atoms with van der Waals surface area (Å²) >= 11 is 0. The molecular weight excluding hydrogens is 320 g/mol. The van der Waals surface area contributed by atoms with Crippen molar-refractivity contribution in [2.45, 2.75) is 26.7 Å². The van der Waals surface area contributed by atoms with E-state index in [4.69, 9.17) is 4.74 Å². The monoisotopic (exact) mass is 342 g/mol. The molecule has 6 heteroatoms. The van der Waals surface area contributed by atoms with Crippen molar-refractivity contribution in [2.75, 3.05) is 6.61 Å². The van der Waals surface area contributed by atoms with E-state index in [1.807, 2.05) is 25.1 Å². The van der Waals surface area contributed by atoms with Crippen LogP contribution in [-0.2, 0) is 4.79 Å². The third-order valence-corrected chi connectivity index (χ3v) is 3.64. The number of benzene rings is 2. The minimum atomic E-state index is -0.413. The molecule has 0 aliphatic rings. The topological polar surface area (TPSA) is 91.2 Å². The number of amides is 1. The van der Waals surface area contributed by atoms with Crippen molar-refractivity contribution >= 4 is 12.1 Å². The second-order valence-electron chi connectivity index (χ2n) is 6.00. The number of carbonyl (C=O) groups is 1. The summed E-state index contributed by atoms with van der Waals surface area (Å²) in [5.41, 5.74) is 4.80. The van der Waals surface area contributed by atoms with E-state index in [2.05, 4.69) is 24.4 Å². The van der Waals surface area contributed by atoms with Gasteiger partial charge in [0.25, 0.3) is 5.91 Å². The van der Waals surface area contributed by atoms with Crippen molar-refractivity contribution in [3.05, 3.63) is 53.1 Å². The van der Waals surface area contributed by atoms with E-state index >= 15 is 0 Å². The normalized spacial score (nSPS) is 11.0. The number of rotatable bonds is 6. The lowest BCUT2D eigenvalue weighted by Crippen LogP contribution is -2.24. The molecule has 1 amide bonds. The van der Waals surface area contributed by atoms with E-state index in [1.165, 1.54) is 24.4 Å².